The summed E-state index contributed by atoms with van der Waals surface area (Å²) in [7, 11) is 0. The number of benzene rings is 2. The van der Waals surface area contributed by atoms with Gasteiger partial charge in [-0.2, -0.15) is 5.10 Å². The van der Waals surface area contributed by atoms with Crippen LogP contribution >= 0.6 is 11.6 Å². The summed E-state index contributed by atoms with van der Waals surface area (Å²) >= 11 is 5.90. The fourth-order valence-electron chi connectivity index (χ4n) is 2.18. The monoisotopic (exact) mass is 354 g/mol. The molecule has 8 heteroatoms. The first kappa shape index (κ1) is 16.7. The van der Waals surface area contributed by atoms with Crippen LogP contribution in [0, 0.1) is 0 Å². The van der Waals surface area contributed by atoms with Crippen molar-refractivity contribution in [2.24, 2.45) is 15.1 Å². The molecule has 0 radical (unpaired) electrons. The molecule has 0 aliphatic carbocycles. The summed E-state index contributed by atoms with van der Waals surface area (Å²) in [5.41, 5.74) is 2.36. The van der Waals surface area contributed by atoms with E-state index in [1.54, 1.807) is 42.5 Å². The largest absolute Gasteiger partial charge is 0.296 e. The van der Waals surface area contributed by atoms with Gasteiger partial charge in [0.2, 0.25) is 0 Å². The zero-order valence-corrected chi connectivity index (χ0v) is 13.5. The number of fused-ring (bicyclic) bond motifs is 1. The van der Waals surface area contributed by atoms with E-state index in [0.717, 1.165) is 0 Å². The number of aldehydes is 1. The molecule has 1 unspecified atom stereocenters. The molecule has 0 saturated carbocycles. The molecule has 1 atom stereocenters. The average molecular weight is 355 g/mol. The summed E-state index contributed by atoms with van der Waals surface area (Å²) in [5.74, 6) is -1.15. The Kier molecular flexibility index (Phi) is 4.76. The van der Waals surface area contributed by atoms with Crippen LogP contribution in [0.4, 0.5) is 0 Å². The van der Waals surface area contributed by atoms with Gasteiger partial charge in [0.05, 0.1) is 10.7 Å². The fourth-order valence-corrected chi connectivity index (χ4v) is 2.35. The SMILES string of the molecule is O=C/C(=N/NC(=O)c1ccccc1)C1N=c2cc(Cl)ccc2=NC1=O. The topological polar surface area (TPSA) is 100 Å². The third-order valence-electron chi connectivity index (χ3n) is 3.39. The van der Waals surface area contributed by atoms with Crippen LogP contribution in [0.5, 0.6) is 0 Å². The maximum absolute atomic E-state index is 12.1. The molecule has 1 N–H and O–H groups in total. The zero-order chi connectivity index (χ0) is 17.8. The van der Waals surface area contributed by atoms with E-state index in [0.29, 0.717) is 27.6 Å². The first-order valence-corrected chi connectivity index (χ1v) is 7.60. The molecule has 0 fully saturated rings. The molecule has 1 heterocycles. The summed E-state index contributed by atoms with van der Waals surface area (Å²) in [6.45, 7) is 0. The highest BCUT2D eigenvalue weighted by atomic mass is 35.5. The van der Waals surface area contributed by atoms with Crippen LogP contribution in [0.25, 0.3) is 0 Å². The van der Waals surface area contributed by atoms with E-state index in [9.17, 15) is 14.4 Å². The van der Waals surface area contributed by atoms with Crippen molar-refractivity contribution in [3.8, 4) is 0 Å². The maximum Gasteiger partial charge on any atom is 0.277 e. The first-order valence-electron chi connectivity index (χ1n) is 7.22. The number of hydrogen-bond donors (Lipinski definition) is 1. The van der Waals surface area contributed by atoms with Crippen LogP contribution in [0.15, 0.2) is 63.6 Å². The van der Waals surface area contributed by atoms with Crippen molar-refractivity contribution < 1.29 is 14.4 Å². The van der Waals surface area contributed by atoms with Crippen molar-refractivity contribution in [1.82, 2.24) is 5.43 Å². The standard InChI is InChI=1S/C17H11ClN4O3/c18-11-6-7-12-13(8-11)19-15(17(25)20-12)14(9-23)21-22-16(24)10-4-2-1-3-5-10/h1-9,15H,(H,22,24)/b21-14-. The van der Waals surface area contributed by atoms with Crippen LogP contribution in [-0.2, 0) is 9.59 Å². The van der Waals surface area contributed by atoms with Crippen LogP contribution in [0.3, 0.4) is 0 Å². The number of nitrogens with zero attached hydrogens (tertiary/aromatic N) is 3. The van der Waals surface area contributed by atoms with Gasteiger partial charge < -0.3 is 0 Å². The van der Waals surface area contributed by atoms with E-state index in [2.05, 4.69) is 20.5 Å². The summed E-state index contributed by atoms with van der Waals surface area (Å²) in [6.07, 6.45) is 0.363. The molecular formula is C17H11ClN4O3. The predicted octanol–water partition coefficient (Wildman–Crippen LogP) is 0.473. The Morgan fingerprint density at radius 2 is 1.92 bits per heavy atom. The minimum absolute atomic E-state index is 0.247. The van der Waals surface area contributed by atoms with E-state index >= 15 is 0 Å². The van der Waals surface area contributed by atoms with Gasteiger partial charge in [-0.1, -0.05) is 29.8 Å². The highest BCUT2D eigenvalue weighted by Gasteiger charge is 2.26. The molecule has 2 aromatic rings. The lowest BCUT2D eigenvalue weighted by molar-refractivity contribution is -0.118. The lowest BCUT2D eigenvalue weighted by Gasteiger charge is -2.11. The van der Waals surface area contributed by atoms with E-state index in [1.807, 2.05) is 0 Å². The van der Waals surface area contributed by atoms with Crippen LogP contribution in [-0.4, -0.2) is 29.9 Å². The minimum Gasteiger partial charge on any atom is -0.296 e. The number of hydrogen-bond acceptors (Lipinski definition) is 5. The Morgan fingerprint density at radius 3 is 2.64 bits per heavy atom. The summed E-state index contributed by atoms with van der Waals surface area (Å²) in [4.78, 5) is 43.5. The summed E-state index contributed by atoms with van der Waals surface area (Å²) in [6, 6.07) is 11.8. The molecule has 2 amide bonds. The van der Waals surface area contributed by atoms with Crippen LogP contribution in [0.1, 0.15) is 10.4 Å². The van der Waals surface area contributed by atoms with Crippen molar-refractivity contribution in [3.63, 3.8) is 0 Å². The second-order valence-corrected chi connectivity index (χ2v) is 5.51. The second kappa shape index (κ2) is 7.14. The number of nitrogens with one attached hydrogen (secondary N) is 1. The number of carbonyl (C=O) groups excluding carboxylic acids is 3. The van der Waals surface area contributed by atoms with Gasteiger partial charge in [0.15, 0.2) is 12.3 Å². The van der Waals surface area contributed by atoms with E-state index in [1.165, 1.54) is 6.07 Å². The fraction of sp³-hybridized carbons (Fsp3) is 0.0588. The molecular weight excluding hydrogens is 344 g/mol. The number of hydrazone groups is 1. The summed E-state index contributed by atoms with van der Waals surface area (Å²) < 4.78 is 0. The Morgan fingerprint density at radius 1 is 1.16 bits per heavy atom. The Hall–Kier alpha value is -3.19. The molecule has 0 spiro atoms. The van der Waals surface area contributed by atoms with Crippen LogP contribution in [0.2, 0.25) is 5.02 Å². The van der Waals surface area contributed by atoms with Crippen molar-refractivity contribution in [2.75, 3.05) is 0 Å². The number of amides is 2. The lowest BCUT2D eigenvalue weighted by Crippen LogP contribution is -2.41. The van der Waals surface area contributed by atoms with E-state index in [-0.39, 0.29) is 5.71 Å². The third kappa shape index (κ3) is 3.67. The maximum atomic E-state index is 12.1. The molecule has 124 valence electrons. The van der Waals surface area contributed by atoms with Gasteiger partial charge in [-0.25, -0.2) is 10.4 Å². The minimum atomic E-state index is -1.22. The number of rotatable bonds is 4. The van der Waals surface area contributed by atoms with E-state index < -0.39 is 17.9 Å². The van der Waals surface area contributed by atoms with Crippen molar-refractivity contribution in [2.45, 2.75) is 6.04 Å². The normalized spacial score (nSPS) is 16.3. The highest BCUT2D eigenvalue weighted by molar-refractivity contribution is 6.36. The third-order valence-corrected chi connectivity index (χ3v) is 3.63. The average Bonchev–Trinajstić information content (AvgIpc) is 2.63. The second-order valence-electron chi connectivity index (χ2n) is 5.08. The van der Waals surface area contributed by atoms with Crippen molar-refractivity contribution in [3.05, 3.63) is 69.8 Å². The molecule has 25 heavy (non-hydrogen) atoms. The van der Waals surface area contributed by atoms with Gasteiger partial charge >= 0.3 is 0 Å². The Bertz CT molecular complexity index is 1000. The zero-order valence-electron chi connectivity index (χ0n) is 12.7. The smallest absolute Gasteiger partial charge is 0.277 e. The molecule has 0 saturated heterocycles. The summed E-state index contributed by atoms with van der Waals surface area (Å²) in [5, 5.41) is 4.89. The van der Waals surface area contributed by atoms with Gasteiger partial charge in [0.1, 0.15) is 5.71 Å². The predicted molar refractivity (Wildman–Crippen MR) is 90.0 cm³/mol. The first-order chi connectivity index (χ1) is 12.1. The number of carbonyl (C=O) groups is 3. The molecule has 0 aromatic heterocycles. The molecule has 1 aliphatic heterocycles. The number of halogens is 1. The highest BCUT2D eigenvalue weighted by Crippen LogP contribution is 2.04. The van der Waals surface area contributed by atoms with E-state index in [4.69, 9.17) is 11.6 Å². The Labute approximate surface area is 146 Å². The van der Waals surface area contributed by atoms with Crippen molar-refractivity contribution in [1.29, 1.82) is 0 Å². The van der Waals surface area contributed by atoms with Crippen molar-refractivity contribution >= 4 is 35.4 Å². The van der Waals surface area contributed by atoms with Gasteiger partial charge in [0, 0.05) is 10.6 Å². The molecule has 3 rings (SSSR count). The van der Waals surface area contributed by atoms with Gasteiger partial charge in [0.25, 0.3) is 11.8 Å². The molecule has 7 nitrogen and oxygen atoms in total. The molecule has 2 aromatic carbocycles. The van der Waals surface area contributed by atoms with Gasteiger partial charge in [-0.05, 0) is 30.3 Å². The Balaban J connectivity index is 1.89. The lowest BCUT2D eigenvalue weighted by atomic mass is 10.1. The van der Waals surface area contributed by atoms with Gasteiger partial charge in [-0.15, -0.1) is 0 Å². The quantitative estimate of drug-likeness (QED) is 0.490. The molecule has 1 aliphatic rings. The van der Waals surface area contributed by atoms with Gasteiger partial charge in [-0.3, -0.25) is 19.4 Å². The molecule has 0 bridgehead atoms. The van der Waals surface area contributed by atoms with Crippen LogP contribution < -0.4 is 16.1 Å².